The standard InChI is InChI=1S/C20H20N2O3/c1-25-18(23)15-3-2-14-4-7-20(13-16(14)12-15)8-11-22(19(20)24)17-5-9-21-10-6-17/h2-3,5-6,9-10,12H,4,7-8,11,13H2,1H3. The van der Waals surface area contributed by atoms with Gasteiger partial charge in [-0.2, -0.15) is 0 Å². The number of hydrogen-bond acceptors (Lipinski definition) is 4. The fourth-order valence-electron chi connectivity index (χ4n) is 4.09. The van der Waals surface area contributed by atoms with Gasteiger partial charge in [0, 0.05) is 24.6 Å². The fourth-order valence-corrected chi connectivity index (χ4v) is 4.09. The Morgan fingerprint density at radius 1 is 1.16 bits per heavy atom. The van der Waals surface area contributed by atoms with Crippen LogP contribution in [0.4, 0.5) is 5.69 Å². The first kappa shape index (κ1) is 15.8. The van der Waals surface area contributed by atoms with Crippen LogP contribution in [0.15, 0.2) is 42.7 Å². The number of amides is 1. The Kier molecular flexibility index (Phi) is 3.79. The van der Waals surface area contributed by atoms with Crippen molar-refractivity contribution in [3.8, 4) is 0 Å². The third-order valence-corrected chi connectivity index (χ3v) is 5.52. The SMILES string of the molecule is COC(=O)c1ccc2c(c1)CC1(CC2)CCN(c2ccncc2)C1=O. The van der Waals surface area contributed by atoms with Crippen molar-refractivity contribution >= 4 is 17.6 Å². The van der Waals surface area contributed by atoms with Gasteiger partial charge in [-0.1, -0.05) is 6.07 Å². The lowest BCUT2D eigenvalue weighted by Gasteiger charge is -2.33. The molecule has 1 aliphatic carbocycles. The van der Waals surface area contributed by atoms with E-state index in [1.165, 1.54) is 12.7 Å². The lowest BCUT2D eigenvalue weighted by atomic mass is 9.70. The van der Waals surface area contributed by atoms with Crippen molar-refractivity contribution < 1.29 is 14.3 Å². The van der Waals surface area contributed by atoms with Crippen LogP contribution in [0.5, 0.6) is 0 Å². The van der Waals surface area contributed by atoms with Crippen molar-refractivity contribution in [2.24, 2.45) is 5.41 Å². The van der Waals surface area contributed by atoms with Crippen LogP contribution in [0, 0.1) is 5.41 Å². The first-order valence-electron chi connectivity index (χ1n) is 8.55. The second-order valence-corrected chi connectivity index (χ2v) is 6.84. The van der Waals surface area contributed by atoms with Crippen molar-refractivity contribution in [3.05, 3.63) is 59.4 Å². The number of ether oxygens (including phenoxy) is 1. The highest BCUT2D eigenvalue weighted by Gasteiger charge is 2.48. The molecule has 5 nitrogen and oxygen atoms in total. The van der Waals surface area contributed by atoms with Crippen LogP contribution in [0.1, 0.15) is 34.3 Å². The second-order valence-electron chi connectivity index (χ2n) is 6.84. The Morgan fingerprint density at radius 2 is 1.96 bits per heavy atom. The number of methoxy groups -OCH3 is 1. The molecule has 0 radical (unpaired) electrons. The third-order valence-electron chi connectivity index (χ3n) is 5.52. The zero-order valence-corrected chi connectivity index (χ0v) is 14.2. The van der Waals surface area contributed by atoms with E-state index < -0.39 is 0 Å². The molecule has 5 heteroatoms. The number of carbonyl (C=O) groups is 2. The van der Waals surface area contributed by atoms with E-state index in [-0.39, 0.29) is 17.3 Å². The number of pyridine rings is 1. The van der Waals surface area contributed by atoms with Gasteiger partial charge in [0.2, 0.25) is 5.91 Å². The number of anilines is 1. The van der Waals surface area contributed by atoms with Crippen molar-refractivity contribution in [1.82, 2.24) is 4.98 Å². The third kappa shape index (κ3) is 2.60. The highest BCUT2D eigenvalue weighted by Crippen LogP contribution is 2.45. The van der Waals surface area contributed by atoms with Gasteiger partial charge in [-0.15, -0.1) is 0 Å². The summed E-state index contributed by atoms with van der Waals surface area (Å²) >= 11 is 0. The summed E-state index contributed by atoms with van der Waals surface area (Å²) in [5.74, 6) is -0.147. The lowest BCUT2D eigenvalue weighted by Crippen LogP contribution is -2.38. The predicted molar refractivity (Wildman–Crippen MR) is 93.4 cm³/mol. The molecule has 0 N–H and O–H groups in total. The largest absolute Gasteiger partial charge is 0.465 e. The molecule has 1 unspecified atom stereocenters. The Labute approximate surface area is 146 Å². The van der Waals surface area contributed by atoms with Crippen LogP contribution >= 0.6 is 0 Å². The number of nitrogens with zero attached hydrogens (tertiary/aromatic N) is 2. The van der Waals surface area contributed by atoms with Crippen LogP contribution < -0.4 is 4.90 Å². The van der Waals surface area contributed by atoms with Gasteiger partial charge in [-0.3, -0.25) is 9.78 Å². The maximum atomic E-state index is 13.2. The summed E-state index contributed by atoms with van der Waals surface area (Å²) in [5.41, 5.74) is 3.43. The molecule has 1 aliphatic heterocycles. The van der Waals surface area contributed by atoms with Crippen LogP contribution in [0.3, 0.4) is 0 Å². The molecule has 0 saturated carbocycles. The minimum absolute atomic E-state index is 0.188. The number of benzene rings is 1. The quantitative estimate of drug-likeness (QED) is 0.791. The minimum atomic E-state index is -0.356. The smallest absolute Gasteiger partial charge is 0.337 e. The van der Waals surface area contributed by atoms with Gasteiger partial charge in [-0.05, 0) is 61.1 Å². The highest BCUT2D eigenvalue weighted by atomic mass is 16.5. The Balaban J connectivity index is 1.63. The van der Waals surface area contributed by atoms with Crippen molar-refractivity contribution in [1.29, 1.82) is 0 Å². The van der Waals surface area contributed by atoms with Gasteiger partial charge >= 0.3 is 5.97 Å². The molecule has 1 amide bonds. The summed E-state index contributed by atoms with van der Waals surface area (Å²) in [6, 6.07) is 9.45. The molecule has 1 fully saturated rings. The number of fused-ring (bicyclic) bond motifs is 1. The van der Waals surface area contributed by atoms with E-state index in [1.807, 2.05) is 35.2 Å². The van der Waals surface area contributed by atoms with Crippen LogP contribution in [0.25, 0.3) is 0 Å². The molecule has 2 heterocycles. The lowest BCUT2D eigenvalue weighted by molar-refractivity contribution is -0.126. The molecule has 25 heavy (non-hydrogen) atoms. The van der Waals surface area contributed by atoms with E-state index in [4.69, 9.17) is 4.74 Å². The van der Waals surface area contributed by atoms with E-state index in [9.17, 15) is 9.59 Å². The molecule has 2 aromatic rings. The summed E-state index contributed by atoms with van der Waals surface area (Å²) in [5, 5.41) is 0. The number of esters is 1. The highest BCUT2D eigenvalue weighted by molar-refractivity contribution is 6.00. The molecule has 1 saturated heterocycles. The van der Waals surface area contributed by atoms with Gasteiger partial charge in [0.15, 0.2) is 0 Å². The maximum absolute atomic E-state index is 13.2. The summed E-state index contributed by atoms with van der Waals surface area (Å²) in [6.07, 6.45) is 6.69. The van der Waals surface area contributed by atoms with E-state index in [0.717, 1.165) is 37.1 Å². The monoisotopic (exact) mass is 336 g/mol. The second kappa shape index (κ2) is 5.99. The number of hydrogen-bond donors (Lipinski definition) is 0. The molecule has 1 atom stereocenters. The topological polar surface area (TPSA) is 59.5 Å². The number of aromatic nitrogens is 1. The molecule has 0 bridgehead atoms. The van der Waals surface area contributed by atoms with E-state index in [1.54, 1.807) is 12.4 Å². The molecule has 2 aliphatic rings. The molecular formula is C20H20N2O3. The molecular weight excluding hydrogens is 316 g/mol. The number of rotatable bonds is 2. The van der Waals surface area contributed by atoms with Crippen molar-refractivity contribution in [2.75, 3.05) is 18.6 Å². The fraction of sp³-hybridized carbons (Fsp3) is 0.350. The van der Waals surface area contributed by atoms with E-state index in [2.05, 4.69) is 4.98 Å². The predicted octanol–water partition coefficient (Wildman–Crippen LogP) is 2.78. The van der Waals surface area contributed by atoms with Crippen LogP contribution in [-0.2, 0) is 22.4 Å². The molecule has 1 aromatic carbocycles. The van der Waals surface area contributed by atoms with Crippen LogP contribution in [-0.4, -0.2) is 30.5 Å². The van der Waals surface area contributed by atoms with E-state index in [0.29, 0.717) is 12.0 Å². The van der Waals surface area contributed by atoms with E-state index >= 15 is 0 Å². The Bertz CT molecular complexity index is 834. The summed E-state index contributed by atoms with van der Waals surface area (Å²) in [6.45, 7) is 0.731. The van der Waals surface area contributed by atoms with Crippen LogP contribution in [0.2, 0.25) is 0 Å². The zero-order valence-electron chi connectivity index (χ0n) is 14.2. The summed E-state index contributed by atoms with van der Waals surface area (Å²) < 4.78 is 4.82. The minimum Gasteiger partial charge on any atom is -0.465 e. The Morgan fingerprint density at radius 3 is 2.72 bits per heavy atom. The average molecular weight is 336 g/mol. The van der Waals surface area contributed by atoms with Crippen molar-refractivity contribution in [3.63, 3.8) is 0 Å². The average Bonchev–Trinajstić information content (AvgIpc) is 2.97. The number of aryl methyl sites for hydroxylation is 1. The van der Waals surface area contributed by atoms with Gasteiger partial charge in [0.1, 0.15) is 0 Å². The van der Waals surface area contributed by atoms with Gasteiger partial charge in [0.25, 0.3) is 0 Å². The van der Waals surface area contributed by atoms with Gasteiger partial charge in [0.05, 0.1) is 18.1 Å². The molecule has 1 aromatic heterocycles. The van der Waals surface area contributed by atoms with Crippen molar-refractivity contribution in [2.45, 2.75) is 25.7 Å². The molecule has 128 valence electrons. The molecule has 4 rings (SSSR count). The van der Waals surface area contributed by atoms with Gasteiger partial charge < -0.3 is 9.64 Å². The molecule has 1 spiro atoms. The normalized spacial score (nSPS) is 22.1. The first-order valence-corrected chi connectivity index (χ1v) is 8.55. The maximum Gasteiger partial charge on any atom is 0.337 e. The van der Waals surface area contributed by atoms with Gasteiger partial charge in [-0.25, -0.2) is 4.79 Å². The summed E-state index contributed by atoms with van der Waals surface area (Å²) in [7, 11) is 1.39. The zero-order chi connectivity index (χ0) is 17.4. The Hall–Kier alpha value is -2.69. The number of carbonyl (C=O) groups excluding carboxylic acids is 2. The summed E-state index contributed by atoms with van der Waals surface area (Å²) in [4.78, 5) is 30.9. The first-order chi connectivity index (χ1) is 12.1.